The number of amides is 3. The van der Waals surface area contributed by atoms with Crippen LogP contribution in [0.15, 0.2) is 11.4 Å². The van der Waals surface area contributed by atoms with E-state index in [1.807, 2.05) is 0 Å². The summed E-state index contributed by atoms with van der Waals surface area (Å²) < 4.78 is 15.6. The van der Waals surface area contributed by atoms with Gasteiger partial charge in [-0.25, -0.2) is 4.98 Å². The van der Waals surface area contributed by atoms with Crippen LogP contribution in [0.1, 0.15) is 50.4 Å². The van der Waals surface area contributed by atoms with Crippen LogP contribution in [0.5, 0.6) is 0 Å². The monoisotopic (exact) mass is 494 g/mol. The van der Waals surface area contributed by atoms with Crippen LogP contribution >= 0.6 is 11.3 Å². The molecule has 2 aromatic rings. The standard InChI is InChI=1S/C21H30N6O6S/c1-14-11-16(24-23-14)19(29)25-26-20(30)17-13-34-21(22-17)15-3-5-27(6-4-15)18(28)12-33-10-9-32-8-7-31-2/h11,13,15H,3-10,12H2,1-2H3,(H,23,24)(H,25,29)(H,26,30). The third-order valence-electron chi connectivity index (χ3n) is 5.21. The number of hydrogen-bond donors (Lipinski definition) is 3. The molecule has 1 fully saturated rings. The SMILES string of the molecule is COCCOCCOCC(=O)N1CCC(c2nc(C(=O)NNC(=O)c3cc(C)[nH]n3)cs2)CC1. The molecule has 0 atom stereocenters. The first-order valence-corrected chi connectivity index (χ1v) is 11.9. The van der Waals surface area contributed by atoms with Crippen LogP contribution in [-0.2, 0) is 19.0 Å². The molecule has 0 spiro atoms. The Morgan fingerprint density at radius 3 is 2.44 bits per heavy atom. The maximum absolute atomic E-state index is 12.3. The Hall–Kier alpha value is -2.87. The van der Waals surface area contributed by atoms with Gasteiger partial charge >= 0.3 is 0 Å². The van der Waals surface area contributed by atoms with Crippen molar-refractivity contribution in [3.05, 3.63) is 33.5 Å². The summed E-state index contributed by atoms with van der Waals surface area (Å²) in [5.74, 6) is -0.892. The van der Waals surface area contributed by atoms with Gasteiger partial charge in [-0.1, -0.05) is 0 Å². The smallest absolute Gasteiger partial charge is 0.290 e. The van der Waals surface area contributed by atoms with Gasteiger partial charge in [-0.05, 0) is 25.8 Å². The zero-order chi connectivity index (χ0) is 24.3. The van der Waals surface area contributed by atoms with Crippen molar-refractivity contribution in [2.24, 2.45) is 0 Å². The number of carbonyl (C=O) groups excluding carboxylic acids is 3. The number of hydrazine groups is 1. The Morgan fingerprint density at radius 1 is 1.09 bits per heavy atom. The second-order valence-corrected chi connectivity index (χ2v) is 8.62. The Morgan fingerprint density at radius 2 is 1.76 bits per heavy atom. The molecule has 0 aliphatic carbocycles. The van der Waals surface area contributed by atoms with Crippen LogP contribution in [-0.4, -0.2) is 91.0 Å². The molecule has 3 amide bonds. The third kappa shape index (κ3) is 7.58. The molecule has 1 aliphatic heterocycles. The number of aromatic nitrogens is 3. The summed E-state index contributed by atoms with van der Waals surface area (Å²) in [6.07, 6.45) is 1.52. The highest BCUT2D eigenvalue weighted by Gasteiger charge is 2.26. The summed E-state index contributed by atoms with van der Waals surface area (Å²) in [4.78, 5) is 42.9. The predicted molar refractivity (Wildman–Crippen MR) is 122 cm³/mol. The molecule has 186 valence electrons. The normalized spacial score (nSPS) is 14.2. The first-order chi connectivity index (χ1) is 16.5. The van der Waals surface area contributed by atoms with Crippen molar-refractivity contribution in [2.75, 3.05) is 53.2 Å². The maximum Gasteiger partial charge on any atom is 0.290 e. The van der Waals surface area contributed by atoms with Crippen LogP contribution in [0.4, 0.5) is 0 Å². The summed E-state index contributed by atoms with van der Waals surface area (Å²) in [6, 6.07) is 1.57. The quantitative estimate of drug-likeness (QED) is 0.304. The van der Waals surface area contributed by atoms with E-state index in [0.29, 0.717) is 39.5 Å². The van der Waals surface area contributed by atoms with Crippen molar-refractivity contribution in [1.82, 2.24) is 30.9 Å². The second kappa shape index (κ2) is 13.1. The Bertz CT molecular complexity index is 955. The van der Waals surface area contributed by atoms with Gasteiger partial charge in [-0.3, -0.25) is 30.3 Å². The molecule has 34 heavy (non-hydrogen) atoms. The summed E-state index contributed by atoms with van der Waals surface area (Å²) in [5, 5.41) is 9.01. The average Bonchev–Trinajstić information content (AvgIpc) is 3.51. The van der Waals surface area contributed by atoms with Crippen molar-refractivity contribution in [1.29, 1.82) is 0 Å². The van der Waals surface area contributed by atoms with E-state index in [2.05, 4.69) is 26.0 Å². The van der Waals surface area contributed by atoms with Crippen molar-refractivity contribution in [2.45, 2.75) is 25.7 Å². The molecule has 0 unspecified atom stereocenters. The minimum Gasteiger partial charge on any atom is -0.382 e. The number of nitrogens with zero attached hydrogens (tertiary/aromatic N) is 3. The van der Waals surface area contributed by atoms with Crippen LogP contribution in [0.25, 0.3) is 0 Å². The van der Waals surface area contributed by atoms with Gasteiger partial charge < -0.3 is 19.1 Å². The lowest BCUT2D eigenvalue weighted by Gasteiger charge is -2.31. The zero-order valence-corrected chi connectivity index (χ0v) is 20.1. The molecule has 0 saturated carbocycles. The number of methoxy groups -OCH3 is 1. The summed E-state index contributed by atoms with van der Waals surface area (Å²) in [5.41, 5.74) is 5.83. The number of rotatable bonds is 11. The van der Waals surface area contributed by atoms with Crippen molar-refractivity contribution >= 4 is 29.1 Å². The van der Waals surface area contributed by atoms with E-state index in [-0.39, 0.29) is 29.8 Å². The lowest BCUT2D eigenvalue weighted by molar-refractivity contribution is -0.137. The van der Waals surface area contributed by atoms with E-state index in [9.17, 15) is 14.4 Å². The number of ether oxygens (including phenoxy) is 3. The van der Waals surface area contributed by atoms with Gasteiger partial charge in [0, 0.05) is 37.2 Å². The van der Waals surface area contributed by atoms with Gasteiger partial charge in [0.15, 0.2) is 5.69 Å². The molecule has 12 nitrogen and oxygen atoms in total. The molecular formula is C21H30N6O6S. The lowest BCUT2D eigenvalue weighted by Crippen LogP contribution is -2.42. The molecule has 13 heteroatoms. The predicted octanol–water partition coefficient (Wildman–Crippen LogP) is 0.635. The van der Waals surface area contributed by atoms with Crippen LogP contribution in [0.2, 0.25) is 0 Å². The maximum atomic E-state index is 12.3. The summed E-state index contributed by atoms with van der Waals surface area (Å²) >= 11 is 1.40. The molecular weight excluding hydrogens is 464 g/mol. The zero-order valence-electron chi connectivity index (χ0n) is 19.3. The number of piperidine rings is 1. The van der Waals surface area contributed by atoms with E-state index >= 15 is 0 Å². The van der Waals surface area contributed by atoms with Crippen LogP contribution < -0.4 is 10.9 Å². The van der Waals surface area contributed by atoms with Gasteiger partial charge in [0.1, 0.15) is 12.3 Å². The number of likely N-dealkylation sites (tertiary alicyclic amines) is 1. The van der Waals surface area contributed by atoms with Crippen molar-refractivity contribution < 1.29 is 28.6 Å². The van der Waals surface area contributed by atoms with Crippen LogP contribution in [0, 0.1) is 6.92 Å². The highest BCUT2D eigenvalue weighted by Crippen LogP contribution is 2.30. The summed E-state index contributed by atoms with van der Waals surface area (Å²) in [6.45, 7) is 4.83. The van der Waals surface area contributed by atoms with E-state index < -0.39 is 11.8 Å². The van der Waals surface area contributed by atoms with E-state index in [1.165, 1.54) is 11.3 Å². The number of aromatic amines is 1. The molecule has 2 aromatic heterocycles. The molecule has 0 radical (unpaired) electrons. The first kappa shape index (κ1) is 25.7. The van der Waals surface area contributed by atoms with E-state index in [1.54, 1.807) is 30.4 Å². The van der Waals surface area contributed by atoms with Gasteiger partial charge in [0.2, 0.25) is 5.91 Å². The highest BCUT2D eigenvalue weighted by atomic mass is 32.1. The fraction of sp³-hybridized carbons (Fsp3) is 0.571. The van der Waals surface area contributed by atoms with E-state index in [0.717, 1.165) is 23.5 Å². The van der Waals surface area contributed by atoms with Crippen molar-refractivity contribution in [3.63, 3.8) is 0 Å². The topological polar surface area (TPSA) is 148 Å². The van der Waals surface area contributed by atoms with Gasteiger partial charge in [0.05, 0.1) is 31.4 Å². The van der Waals surface area contributed by atoms with E-state index in [4.69, 9.17) is 14.2 Å². The molecule has 1 aliphatic rings. The minimum atomic E-state index is -0.521. The molecule has 3 rings (SSSR count). The molecule has 1 saturated heterocycles. The molecule has 0 bridgehead atoms. The van der Waals surface area contributed by atoms with Crippen LogP contribution in [0.3, 0.4) is 0 Å². The lowest BCUT2D eigenvalue weighted by atomic mass is 9.97. The van der Waals surface area contributed by atoms with Gasteiger partial charge in [-0.15, -0.1) is 11.3 Å². The fourth-order valence-corrected chi connectivity index (χ4v) is 4.32. The Balaban J connectivity index is 1.36. The number of H-pyrrole nitrogens is 1. The van der Waals surface area contributed by atoms with Gasteiger partial charge in [0.25, 0.3) is 11.8 Å². The number of carbonyl (C=O) groups is 3. The van der Waals surface area contributed by atoms with Gasteiger partial charge in [-0.2, -0.15) is 5.10 Å². The molecule has 0 aromatic carbocycles. The number of nitrogens with one attached hydrogen (secondary N) is 3. The average molecular weight is 495 g/mol. The molecule has 3 N–H and O–H groups in total. The first-order valence-electron chi connectivity index (χ1n) is 11.0. The number of aryl methyl sites for hydroxylation is 1. The summed E-state index contributed by atoms with van der Waals surface area (Å²) in [7, 11) is 1.61. The number of thiazole rings is 1. The minimum absolute atomic E-state index is 0.0312. The molecule has 3 heterocycles. The highest BCUT2D eigenvalue weighted by molar-refractivity contribution is 7.09. The fourth-order valence-electron chi connectivity index (χ4n) is 3.34. The van der Waals surface area contributed by atoms with Crippen molar-refractivity contribution in [3.8, 4) is 0 Å². The second-order valence-electron chi connectivity index (χ2n) is 7.73. The number of hydrogen-bond acceptors (Lipinski definition) is 9. The Labute approximate surface area is 201 Å². The Kier molecular flexibility index (Phi) is 9.94. The largest absolute Gasteiger partial charge is 0.382 e. The third-order valence-corrected chi connectivity index (χ3v) is 6.22.